The maximum absolute atomic E-state index is 12.7. The molecule has 8 heteroatoms. The van der Waals surface area contributed by atoms with Crippen LogP contribution in [0.3, 0.4) is 0 Å². The Morgan fingerprint density at radius 3 is 2.36 bits per heavy atom. The van der Waals surface area contributed by atoms with Crippen molar-refractivity contribution in [2.45, 2.75) is 43.0 Å². The van der Waals surface area contributed by atoms with E-state index in [-0.39, 0.29) is 11.5 Å². The molecule has 140 valence electrons. The van der Waals surface area contributed by atoms with E-state index >= 15 is 0 Å². The first-order chi connectivity index (χ1) is 11.9. The van der Waals surface area contributed by atoms with E-state index in [2.05, 4.69) is 4.72 Å². The van der Waals surface area contributed by atoms with Crippen molar-refractivity contribution in [2.75, 3.05) is 26.9 Å². The normalized spacial score (nSPS) is 16.6. The summed E-state index contributed by atoms with van der Waals surface area (Å²) in [6.07, 6.45) is 2.47. The van der Waals surface area contributed by atoms with Crippen molar-refractivity contribution < 1.29 is 27.4 Å². The minimum Gasteiger partial charge on any atom is -0.491 e. The van der Waals surface area contributed by atoms with Crippen molar-refractivity contribution in [1.82, 2.24) is 4.72 Å². The van der Waals surface area contributed by atoms with Crippen LogP contribution in [0.2, 0.25) is 0 Å². The maximum Gasteiger partial charge on any atom is 0.327 e. The summed E-state index contributed by atoms with van der Waals surface area (Å²) in [5, 5.41) is 0. The van der Waals surface area contributed by atoms with Crippen molar-refractivity contribution >= 4 is 16.0 Å². The number of hydrogen-bond acceptors (Lipinski definition) is 6. The fourth-order valence-electron chi connectivity index (χ4n) is 2.87. The monoisotopic (exact) mass is 371 g/mol. The summed E-state index contributed by atoms with van der Waals surface area (Å²) in [7, 11) is -2.26. The maximum atomic E-state index is 12.7. The molecule has 0 amide bonds. The summed E-state index contributed by atoms with van der Waals surface area (Å²) >= 11 is 0. The van der Waals surface area contributed by atoms with E-state index in [1.54, 1.807) is 26.2 Å². The highest BCUT2D eigenvalue weighted by Gasteiger charge is 2.45. The molecular weight excluding hydrogens is 346 g/mol. The third-order valence-electron chi connectivity index (χ3n) is 4.14. The Hall–Kier alpha value is -1.64. The zero-order valence-electron chi connectivity index (χ0n) is 14.6. The number of carbonyl (C=O) groups is 1. The molecule has 0 spiro atoms. The van der Waals surface area contributed by atoms with Gasteiger partial charge < -0.3 is 14.2 Å². The second kappa shape index (κ2) is 8.64. The van der Waals surface area contributed by atoms with E-state index in [1.807, 2.05) is 0 Å². The zero-order valence-corrected chi connectivity index (χ0v) is 15.4. The van der Waals surface area contributed by atoms with Crippen LogP contribution >= 0.6 is 0 Å². The first-order valence-corrected chi connectivity index (χ1v) is 9.85. The van der Waals surface area contributed by atoms with Crippen molar-refractivity contribution in [3.05, 3.63) is 24.3 Å². The molecule has 0 saturated heterocycles. The first kappa shape index (κ1) is 19.7. The second-order valence-electron chi connectivity index (χ2n) is 5.93. The molecule has 1 fully saturated rings. The van der Waals surface area contributed by atoms with E-state index in [9.17, 15) is 13.2 Å². The third-order valence-corrected chi connectivity index (χ3v) is 5.70. The van der Waals surface area contributed by atoms with Crippen LogP contribution in [0.15, 0.2) is 29.2 Å². The summed E-state index contributed by atoms with van der Waals surface area (Å²) in [5.41, 5.74) is -1.16. The lowest BCUT2D eigenvalue weighted by Gasteiger charge is -2.27. The van der Waals surface area contributed by atoms with Gasteiger partial charge in [-0.1, -0.05) is 12.8 Å². The van der Waals surface area contributed by atoms with Gasteiger partial charge in [0.15, 0.2) is 0 Å². The van der Waals surface area contributed by atoms with E-state index in [4.69, 9.17) is 14.2 Å². The van der Waals surface area contributed by atoms with Crippen molar-refractivity contribution in [3.8, 4) is 5.75 Å². The quantitative estimate of drug-likeness (QED) is 0.526. The molecule has 7 nitrogen and oxygen atoms in total. The average molecular weight is 371 g/mol. The van der Waals surface area contributed by atoms with Gasteiger partial charge in [0.25, 0.3) is 0 Å². The molecule has 0 atom stereocenters. The summed E-state index contributed by atoms with van der Waals surface area (Å²) < 4.78 is 43.4. The number of sulfonamides is 1. The van der Waals surface area contributed by atoms with Crippen molar-refractivity contribution in [2.24, 2.45) is 0 Å². The number of carbonyl (C=O) groups excluding carboxylic acids is 1. The molecule has 1 N–H and O–H groups in total. The fraction of sp³-hybridized carbons (Fsp3) is 0.588. The van der Waals surface area contributed by atoms with Crippen LogP contribution in [0.4, 0.5) is 0 Å². The van der Waals surface area contributed by atoms with E-state index in [0.717, 1.165) is 12.8 Å². The minimum atomic E-state index is -3.84. The lowest BCUT2D eigenvalue weighted by Crippen LogP contribution is -2.53. The molecule has 0 heterocycles. The fourth-order valence-corrected chi connectivity index (χ4v) is 4.28. The number of hydrogen-bond donors (Lipinski definition) is 1. The van der Waals surface area contributed by atoms with Gasteiger partial charge in [-0.2, -0.15) is 4.72 Å². The summed E-state index contributed by atoms with van der Waals surface area (Å²) in [5.74, 6) is 0.0487. The molecule has 0 radical (unpaired) electrons. The van der Waals surface area contributed by atoms with Gasteiger partial charge in [-0.05, 0) is 44.0 Å². The number of esters is 1. The zero-order chi connectivity index (χ0) is 18.3. The van der Waals surface area contributed by atoms with Gasteiger partial charge in [0.2, 0.25) is 10.0 Å². The van der Waals surface area contributed by atoms with Gasteiger partial charge >= 0.3 is 5.97 Å². The number of rotatable bonds is 9. The second-order valence-corrected chi connectivity index (χ2v) is 7.61. The molecule has 1 aromatic rings. The van der Waals surface area contributed by atoms with Gasteiger partial charge in [0.05, 0.1) is 18.1 Å². The van der Waals surface area contributed by atoms with Crippen LogP contribution in [0, 0.1) is 0 Å². The summed E-state index contributed by atoms with van der Waals surface area (Å²) in [6.45, 7) is 2.75. The Bertz CT molecular complexity index is 665. The van der Waals surface area contributed by atoms with Crippen molar-refractivity contribution in [3.63, 3.8) is 0 Å². The Morgan fingerprint density at radius 1 is 1.16 bits per heavy atom. The highest BCUT2D eigenvalue weighted by molar-refractivity contribution is 7.89. The van der Waals surface area contributed by atoms with Gasteiger partial charge in [0, 0.05) is 7.11 Å². The Labute approximate surface area is 148 Å². The Balaban J connectivity index is 2.13. The molecule has 1 aliphatic rings. The standard InChI is InChI=1S/C17H25NO6S/c1-3-23-16(19)17(10-4-5-11-17)18-25(20,21)15-8-6-14(7-9-15)24-13-12-22-2/h6-9,18H,3-5,10-13H2,1-2H3. The first-order valence-electron chi connectivity index (χ1n) is 8.36. The molecule has 1 aromatic carbocycles. The highest BCUT2D eigenvalue weighted by Crippen LogP contribution is 2.32. The van der Waals surface area contributed by atoms with Crippen LogP contribution in [0.25, 0.3) is 0 Å². The Kier molecular flexibility index (Phi) is 6.80. The van der Waals surface area contributed by atoms with E-state index in [0.29, 0.717) is 31.8 Å². The topological polar surface area (TPSA) is 90.9 Å². The average Bonchev–Trinajstić information content (AvgIpc) is 3.05. The van der Waals surface area contributed by atoms with Crippen LogP contribution in [-0.4, -0.2) is 46.9 Å². The third kappa shape index (κ3) is 4.93. The largest absolute Gasteiger partial charge is 0.491 e. The highest BCUT2D eigenvalue weighted by atomic mass is 32.2. The molecule has 0 unspecified atom stereocenters. The molecule has 2 rings (SSSR count). The lowest BCUT2D eigenvalue weighted by molar-refractivity contribution is -0.150. The Morgan fingerprint density at radius 2 is 1.80 bits per heavy atom. The minimum absolute atomic E-state index is 0.0853. The predicted molar refractivity (Wildman–Crippen MR) is 92.0 cm³/mol. The molecule has 25 heavy (non-hydrogen) atoms. The molecule has 1 saturated carbocycles. The van der Waals surface area contributed by atoms with Crippen LogP contribution in [0.1, 0.15) is 32.6 Å². The van der Waals surface area contributed by atoms with Gasteiger partial charge in [0.1, 0.15) is 17.9 Å². The van der Waals surface area contributed by atoms with Crippen LogP contribution in [0.5, 0.6) is 5.75 Å². The predicted octanol–water partition coefficient (Wildman–Crippen LogP) is 1.87. The van der Waals surface area contributed by atoms with Gasteiger partial charge in [-0.25, -0.2) is 8.42 Å². The lowest BCUT2D eigenvalue weighted by atomic mass is 10.00. The SMILES string of the molecule is CCOC(=O)C1(NS(=O)(=O)c2ccc(OCCOC)cc2)CCCC1. The summed E-state index contributed by atoms with van der Waals surface area (Å²) in [4.78, 5) is 12.4. The number of ether oxygens (including phenoxy) is 3. The van der Waals surface area contributed by atoms with E-state index < -0.39 is 21.5 Å². The van der Waals surface area contributed by atoms with Gasteiger partial charge in [-0.3, -0.25) is 4.79 Å². The molecule has 0 aromatic heterocycles. The smallest absolute Gasteiger partial charge is 0.327 e. The number of nitrogens with one attached hydrogen (secondary N) is 1. The number of benzene rings is 1. The van der Waals surface area contributed by atoms with Crippen LogP contribution in [-0.2, 0) is 24.3 Å². The summed E-state index contributed by atoms with van der Waals surface area (Å²) in [6, 6.07) is 6.07. The van der Waals surface area contributed by atoms with Gasteiger partial charge in [-0.15, -0.1) is 0 Å². The van der Waals surface area contributed by atoms with E-state index in [1.165, 1.54) is 12.1 Å². The molecule has 1 aliphatic carbocycles. The van der Waals surface area contributed by atoms with Crippen LogP contribution < -0.4 is 9.46 Å². The molecular formula is C17H25NO6S. The van der Waals surface area contributed by atoms with Crippen molar-refractivity contribution in [1.29, 1.82) is 0 Å². The molecule has 0 aliphatic heterocycles. The number of methoxy groups -OCH3 is 1. The molecule has 0 bridgehead atoms.